The normalized spacial score (nSPS) is 32.0. The highest BCUT2D eigenvalue weighted by Crippen LogP contribution is 2.38. The largest absolute Gasteiger partial charge is 0.497 e. The molecule has 6 nitrogen and oxygen atoms in total. The minimum absolute atomic E-state index is 0.00435. The average Bonchev–Trinajstić information content (AvgIpc) is 3.25. The second-order valence-electron chi connectivity index (χ2n) is 6.32. The Morgan fingerprint density at radius 1 is 1.09 bits per heavy atom. The van der Waals surface area contributed by atoms with Gasteiger partial charge in [0.25, 0.3) is 0 Å². The Bertz CT molecular complexity index is 514. The summed E-state index contributed by atoms with van der Waals surface area (Å²) in [5.74, 6) is 0.161. The number of hydrogen-bond acceptors (Lipinski definition) is 6. The van der Waals surface area contributed by atoms with Gasteiger partial charge < -0.3 is 28.8 Å². The summed E-state index contributed by atoms with van der Waals surface area (Å²) in [7, 11) is 1.64. The molecule has 0 saturated carbocycles. The second-order valence-corrected chi connectivity index (χ2v) is 6.32. The summed E-state index contributed by atoms with van der Waals surface area (Å²) in [4.78, 5) is 0. The topological polar surface area (TPSA) is 69.7 Å². The van der Waals surface area contributed by atoms with Crippen molar-refractivity contribution in [3.63, 3.8) is 0 Å². The Morgan fingerprint density at radius 2 is 1.83 bits per heavy atom. The lowest BCUT2D eigenvalue weighted by molar-refractivity contribution is -0.152. The molecule has 0 unspecified atom stereocenters. The van der Waals surface area contributed by atoms with E-state index in [4.69, 9.17) is 28.8 Å². The Kier molecular flexibility index (Phi) is 4.89. The molecule has 23 heavy (non-hydrogen) atoms. The first kappa shape index (κ1) is 16.7. The SMILES string of the molecule is COc1ccc(COC[C@@H]2OC(C)(C)O[C@H]2[C@@H]2O[C@@H]2CO)cc1. The minimum Gasteiger partial charge on any atom is -0.497 e. The molecular formula is C17H24O6. The van der Waals surface area contributed by atoms with Crippen molar-refractivity contribution in [1.82, 2.24) is 0 Å². The van der Waals surface area contributed by atoms with Crippen molar-refractivity contribution in [3.05, 3.63) is 29.8 Å². The second kappa shape index (κ2) is 6.75. The maximum absolute atomic E-state index is 9.16. The summed E-state index contributed by atoms with van der Waals surface area (Å²) in [6.45, 7) is 4.66. The maximum atomic E-state index is 9.16. The van der Waals surface area contributed by atoms with Crippen LogP contribution in [0.15, 0.2) is 24.3 Å². The van der Waals surface area contributed by atoms with E-state index in [2.05, 4.69) is 0 Å². The Hall–Kier alpha value is -1.18. The molecule has 1 aromatic carbocycles. The van der Waals surface area contributed by atoms with Gasteiger partial charge in [-0.2, -0.15) is 0 Å². The number of benzene rings is 1. The molecule has 1 N–H and O–H groups in total. The van der Waals surface area contributed by atoms with Crippen LogP contribution in [-0.4, -0.2) is 55.6 Å². The zero-order chi connectivity index (χ0) is 16.4. The predicted molar refractivity (Wildman–Crippen MR) is 82.2 cm³/mol. The Labute approximate surface area is 136 Å². The van der Waals surface area contributed by atoms with Gasteiger partial charge in [0.05, 0.1) is 26.9 Å². The number of hydrogen-bond donors (Lipinski definition) is 1. The molecule has 0 aromatic heterocycles. The summed E-state index contributed by atoms with van der Waals surface area (Å²) in [6, 6.07) is 7.75. The van der Waals surface area contributed by atoms with Crippen LogP contribution >= 0.6 is 0 Å². The van der Waals surface area contributed by atoms with Gasteiger partial charge >= 0.3 is 0 Å². The molecule has 128 valence electrons. The molecule has 2 fully saturated rings. The molecule has 4 atom stereocenters. The van der Waals surface area contributed by atoms with E-state index in [1.807, 2.05) is 38.1 Å². The molecular weight excluding hydrogens is 300 g/mol. The van der Waals surface area contributed by atoms with Gasteiger partial charge in [0.2, 0.25) is 0 Å². The molecule has 2 saturated heterocycles. The Balaban J connectivity index is 1.51. The van der Waals surface area contributed by atoms with E-state index in [9.17, 15) is 0 Å². The van der Waals surface area contributed by atoms with Gasteiger partial charge in [-0.15, -0.1) is 0 Å². The fraction of sp³-hybridized carbons (Fsp3) is 0.647. The number of aliphatic hydroxyl groups excluding tert-OH is 1. The predicted octanol–water partition coefficient (Wildman–Crippen LogP) is 1.49. The lowest BCUT2D eigenvalue weighted by atomic mass is 10.1. The van der Waals surface area contributed by atoms with Crippen LogP contribution in [-0.2, 0) is 25.6 Å². The molecule has 1 aromatic rings. The molecule has 2 aliphatic rings. The monoisotopic (exact) mass is 324 g/mol. The fourth-order valence-corrected chi connectivity index (χ4v) is 2.88. The summed E-state index contributed by atoms with van der Waals surface area (Å²) < 4.78 is 28.2. The van der Waals surface area contributed by atoms with E-state index in [1.54, 1.807) is 7.11 Å². The minimum atomic E-state index is -0.662. The first-order valence-electron chi connectivity index (χ1n) is 7.85. The number of epoxide rings is 1. The van der Waals surface area contributed by atoms with Crippen molar-refractivity contribution in [2.75, 3.05) is 20.3 Å². The van der Waals surface area contributed by atoms with Gasteiger partial charge in [-0.25, -0.2) is 0 Å². The van der Waals surface area contributed by atoms with E-state index < -0.39 is 5.79 Å². The van der Waals surface area contributed by atoms with Crippen molar-refractivity contribution in [2.24, 2.45) is 0 Å². The number of rotatable bonds is 7. The van der Waals surface area contributed by atoms with Crippen molar-refractivity contribution >= 4 is 0 Å². The van der Waals surface area contributed by atoms with Crippen LogP contribution in [0.1, 0.15) is 19.4 Å². The van der Waals surface area contributed by atoms with Gasteiger partial charge in [0.1, 0.15) is 30.2 Å². The lowest BCUT2D eigenvalue weighted by Crippen LogP contribution is -2.33. The smallest absolute Gasteiger partial charge is 0.164 e. The van der Waals surface area contributed by atoms with Crippen LogP contribution in [0.25, 0.3) is 0 Å². The van der Waals surface area contributed by atoms with Gasteiger partial charge in [-0.05, 0) is 31.5 Å². The average molecular weight is 324 g/mol. The van der Waals surface area contributed by atoms with Gasteiger partial charge in [-0.1, -0.05) is 12.1 Å². The fourth-order valence-electron chi connectivity index (χ4n) is 2.88. The van der Waals surface area contributed by atoms with E-state index in [0.717, 1.165) is 11.3 Å². The molecule has 0 amide bonds. The highest BCUT2D eigenvalue weighted by molar-refractivity contribution is 5.26. The molecule has 2 aliphatic heterocycles. The van der Waals surface area contributed by atoms with Crippen LogP contribution < -0.4 is 4.74 Å². The summed E-state index contributed by atoms with van der Waals surface area (Å²) >= 11 is 0. The Morgan fingerprint density at radius 3 is 2.43 bits per heavy atom. The molecule has 0 bridgehead atoms. The van der Waals surface area contributed by atoms with E-state index in [-0.39, 0.29) is 31.0 Å². The quantitative estimate of drug-likeness (QED) is 0.767. The molecule has 6 heteroatoms. The molecule has 0 aliphatic carbocycles. The first-order valence-corrected chi connectivity index (χ1v) is 7.85. The lowest BCUT2D eigenvalue weighted by Gasteiger charge is -2.16. The van der Waals surface area contributed by atoms with Crippen molar-refractivity contribution in [3.8, 4) is 5.75 Å². The summed E-state index contributed by atoms with van der Waals surface area (Å²) in [6.07, 6.45) is -0.680. The van der Waals surface area contributed by atoms with Crippen molar-refractivity contribution in [2.45, 2.75) is 50.7 Å². The maximum Gasteiger partial charge on any atom is 0.164 e. The van der Waals surface area contributed by atoms with Gasteiger partial charge in [-0.3, -0.25) is 0 Å². The molecule has 0 spiro atoms. The molecule has 0 radical (unpaired) electrons. The third-order valence-electron chi connectivity index (χ3n) is 4.06. The van der Waals surface area contributed by atoms with Crippen molar-refractivity contribution in [1.29, 1.82) is 0 Å². The third-order valence-corrected chi connectivity index (χ3v) is 4.06. The number of methoxy groups -OCH3 is 1. The van der Waals surface area contributed by atoms with Crippen LogP contribution in [0.2, 0.25) is 0 Å². The molecule has 3 rings (SSSR count). The zero-order valence-electron chi connectivity index (χ0n) is 13.7. The van der Waals surface area contributed by atoms with E-state index in [0.29, 0.717) is 13.2 Å². The first-order chi connectivity index (χ1) is 11.0. The number of ether oxygens (including phenoxy) is 5. The standard InChI is InChI=1S/C17H24O6/c1-17(2)22-14(16(23-17)15-13(8-18)21-15)10-20-9-11-4-6-12(19-3)7-5-11/h4-7,13-16,18H,8-10H2,1-3H3/t13-,14+,15-,16-/m1/s1. The van der Waals surface area contributed by atoms with Crippen LogP contribution in [0.5, 0.6) is 5.75 Å². The van der Waals surface area contributed by atoms with E-state index in [1.165, 1.54) is 0 Å². The number of aliphatic hydroxyl groups is 1. The van der Waals surface area contributed by atoms with E-state index >= 15 is 0 Å². The zero-order valence-corrected chi connectivity index (χ0v) is 13.7. The molecule has 2 heterocycles. The summed E-state index contributed by atoms with van der Waals surface area (Å²) in [5, 5.41) is 9.16. The van der Waals surface area contributed by atoms with Crippen LogP contribution in [0.3, 0.4) is 0 Å². The van der Waals surface area contributed by atoms with Crippen LogP contribution in [0.4, 0.5) is 0 Å². The highest BCUT2D eigenvalue weighted by Gasteiger charge is 2.54. The third kappa shape index (κ3) is 4.02. The summed E-state index contributed by atoms with van der Waals surface area (Å²) in [5.41, 5.74) is 1.07. The highest BCUT2D eigenvalue weighted by atomic mass is 16.8. The van der Waals surface area contributed by atoms with Crippen LogP contribution in [0, 0.1) is 0 Å². The van der Waals surface area contributed by atoms with Gasteiger partial charge in [0.15, 0.2) is 5.79 Å². The van der Waals surface area contributed by atoms with Crippen molar-refractivity contribution < 1.29 is 28.8 Å². The van der Waals surface area contributed by atoms with Gasteiger partial charge in [0, 0.05) is 0 Å².